The van der Waals surface area contributed by atoms with E-state index in [1.54, 1.807) is 31.2 Å². The molecule has 0 atom stereocenters. The molecule has 18 heavy (non-hydrogen) atoms. The summed E-state index contributed by atoms with van der Waals surface area (Å²) in [5, 5.41) is 3.78. The molecule has 5 heteroatoms. The third-order valence-electron chi connectivity index (χ3n) is 2.09. The molecule has 1 aromatic carbocycles. The van der Waals surface area contributed by atoms with E-state index in [0.717, 1.165) is 5.56 Å². The molecule has 0 unspecified atom stereocenters. The maximum atomic E-state index is 11.2. The molecule has 2 rings (SSSR count). The second-order valence-electron chi connectivity index (χ2n) is 3.21. The van der Waals surface area contributed by atoms with Crippen LogP contribution in [-0.2, 0) is 4.74 Å². The standard InChI is InChI=1S/C11H10N2O3.C2H6/c1-7-12-10(13-16-7)8-3-5-9(6-4-8)11(14)15-2;1-2/h3-6H,1-2H3;1-2H3. The predicted molar refractivity (Wildman–Crippen MR) is 67.2 cm³/mol. The molecule has 0 spiro atoms. The fourth-order valence-corrected chi connectivity index (χ4v) is 1.29. The average molecular weight is 248 g/mol. The number of hydrogen-bond donors (Lipinski definition) is 0. The molecule has 0 bridgehead atoms. The highest BCUT2D eigenvalue weighted by Gasteiger charge is 2.08. The van der Waals surface area contributed by atoms with E-state index in [1.165, 1.54) is 7.11 Å². The summed E-state index contributed by atoms with van der Waals surface area (Å²) in [7, 11) is 1.35. The highest BCUT2D eigenvalue weighted by Crippen LogP contribution is 2.16. The Morgan fingerprint density at radius 3 is 2.28 bits per heavy atom. The van der Waals surface area contributed by atoms with Crippen LogP contribution in [0, 0.1) is 6.92 Å². The highest BCUT2D eigenvalue weighted by atomic mass is 16.5. The summed E-state index contributed by atoms with van der Waals surface area (Å²) in [6, 6.07) is 6.81. The molecule has 5 nitrogen and oxygen atoms in total. The second kappa shape index (κ2) is 6.54. The SMILES string of the molecule is CC.COC(=O)c1ccc(-c2noc(C)n2)cc1. The highest BCUT2D eigenvalue weighted by molar-refractivity contribution is 5.89. The van der Waals surface area contributed by atoms with Crippen molar-refractivity contribution in [2.45, 2.75) is 20.8 Å². The van der Waals surface area contributed by atoms with E-state index in [9.17, 15) is 4.79 Å². The summed E-state index contributed by atoms with van der Waals surface area (Å²) in [4.78, 5) is 15.3. The molecular weight excluding hydrogens is 232 g/mol. The van der Waals surface area contributed by atoms with Gasteiger partial charge < -0.3 is 9.26 Å². The first-order valence-corrected chi connectivity index (χ1v) is 5.70. The van der Waals surface area contributed by atoms with Crippen molar-refractivity contribution in [3.63, 3.8) is 0 Å². The van der Waals surface area contributed by atoms with E-state index in [0.29, 0.717) is 17.3 Å². The number of aryl methyl sites for hydroxylation is 1. The minimum Gasteiger partial charge on any atom is -0.465 e. The molecule has 0 amide bonds. The van der Waals surface area contributed by atoms with Crippen molar-refractivity contribution in [1.29, 1.82) is 0 Å². The van der Waals surface area contributed by atoms with Crippen molar-refractivity contribution in [2.24, 2.45) is 0 Å². The minimum absolute atomic E-state index is 0.365. The van der Waals surface area contributed by atoms with Gasteiger partial charge in [0.05, 0.1) is 12.7 Å². The number of esters is 1. The summed E-state index contributed by atoms with van der Waals surface area (Å²) in [6.45, 7) is 5.72. The number of nitrogens with zero attached hydrogens (tertiary/aromatic N) is 2. The van der Waals surface area contributed by atoms with E-state index >= 15 is 0 Å². The van der Waals surface area contributed by atoms with Gasteiger partial charge >= 0.3 is 5.97 Å². The van der Waals surface area contributed by atoms with E-state index in [4.69, 9.17) is 4.52 Å². The second-order valence-corrected chi connectivity index (χ2v) is 3.21. The van der Waals surface area contributed by atoms with Crippen LogP contribution >= 0.6 is 0 Å². The van der Waals surface area contributed by atoms with Crippen LogP contribution in [0.25, 0.3) is 11.4 Å². The zero-order chi connectivity index (χ0) is 13.5. The van der Waals surface area contributed by atoms with Gasteiger partial charge in [-0.05, 0) is 12.1 Å². The summed E-state index contributed by atoms with van der Waals surface area (Å²) >= 11 is 0. The molecule has 0 saturated heterocycles. The van der Waals surface area contributed by atoms with E-state index in [-0.39, 0.29) is 5.97 Å². The Balaban J connectivity index is 0.000000771. The summed E-state index contributed by atoms with van der Waals surface area (Å²) in [5.41, 5.74) is 1.29. The number of rotatable bonds is 2. The lowest BCUT2D eigenvalue weighted by atomic mass is 10.1. The quantitative estimate of drug-likeness (QED) is 0.764. The van der Waals surface area contributed by atoms with Crippen molar-refractivity contribution in [3.05, 3.63) is 35.7 Å². The van der Waals surface area contributed by atoms with E-state index in [2.05, 4.69) is 14.9 Å². The van der Waals surface area contributed by atoms with Gasteiger partial charge in [0.2, 0.25) is 11.7 Å². The van der Waals surface area contributed by atoms with Crippen molar-refractivity contribution in [3.8, 4) is 11.4 Å². The number of carbonyl (C=O) groups excluding carboxylic acids is 1. The first kappa shape index (κ1) is 13.9. The number of aromatic nitrogens is 2. The molecule has 2 aromatic rings. The van der Waals surface area contributed by atoms with Crippen LogP contribution in [0.3, 0.4) is 0 Å². The van der Waals surface area contributed by atoms with Crippen LogP contribution in [0.5, 0.6) is 0 Å². The van der Waals surface area contributed by atoms with Gasteiger partial charge in [-0.15, -0.1) is 0 Å². The van der Waals surface area contributed by atoms with Gasteiger partial charge in [-0.1, -0.05) is 31.1 Å². The molecule has 0 aliphatic rings. The lowest BCUT2D eigenvalue weighted by Crippen LogP contribution is -2.00. The van der Waals surface area contributed by atoms with Gasteiger partial charge in [-0.25, -0.2) is 4.79 Å². The van der Waals surface area contributed by atoms with Crippen LogP contribution in [0.2, 0.25) is 0 Å². The topological polar surface area (TPSA) is 65.2 Å². The molecule has 0 N–H and O–H groups in total. The van der Waals surface area contributed by atoms with Crippen LogP contribution < -0.4 is 0 Å². The Bertz CT molecular complexity index is 503. The first-order chi connectivity index (χ1) is 8.70. The lowest BCUT2D eigenvalue weighted by molar-refractivity contribution is 0.0601. The molecule has 0 radical (unpaired) electrons. The van der Waals surface area contributed by atoms with Crippen molar-refractivity contribution >= 4 is 5.97 Å². The van der Waals surface area contributed by atoms with Gasteiger partial charge in [0.25, 0.3) is 0 Å². The molecule has 0 aliphatic heterocycles. The first-order valence-electron chi connectivity index (χ1n) is 5.70. The number of ether oxygens (including phenoxy) is 1. The minimum atomic E-state index is -0.365. The number of methoxy groups -OCH3 is 1. The maximum absolute atomic E-state index is 11.2. The van der Waals surface area contributed by atoms with Gasteiger partial charge in [-0.2, -0.15) is 4.98 Å². The number of benzene rings is 1. The van der Waals surface area contributed by atoms with E-state index in [1.807, 2.05) is 13.8 Å². The Labute approximate surface area is 106 Å². The van der Waals surface area contributed by atoms with Crippen molar-refractivity contribution in [2.75, 3.05) is 7.11 Å². The maximum Gasteiger partial charge on any atom is 0.337 e. The lowest BCUT2D eigenvalue weighted by Gasteiger charge is -1.99. The molecular formula is C13H16N2O3. The Morgan fingerprint density at radius 2 is 1.83 bits per heavy atom. The zero-order valence-corrected chi connectivity index (χ0v) is 10.9. The normalized spacial score (nSPS) is 9.33. The summed E-state index contributed by atoms with van der Waals surface area (Å²) < 4.78 is 9.46. The van der Waals surface area contributed by atoms with Crippen LogP contribution in [-0.4, -0.2) is 23.2 Å². The molecule has 0 fully saturated rings. The Morgan fingerprint density at radius 1 is 1.22 bits per heavy atom. The molecule has 0 saturated carbocycles. The summed E-state index contributed by atoms with van der Waals surface area (Å²) in [6.07, 6.45) is 0. The van der Waals surface area contributed by atoms with Crippen LogP contribution in [0.1, 0.15) is 30.1 Å². The fourth-order valence-electron chi connectivity index (χ4n) is 1.29. The Kier molecular flexibility index (Phi) is 5.05. The van der Waals surface area contributed by atoms with Gasteiger partial charge in [0.1, 0.15) is 0 Å². The van der Waals surface area contributed by atoms with Gasteiger partial charge in [-0.3, -0.25) is 0 Å². The van der Waals surface area contributed by atoms with E-state index < -0.39 is 0 Å². The van der Waals surface area contributed by atoms with Crippen LogP contribution in [0.15, 0.2) is 28.8 Å². The van der Waals surface area contributed by atoms with Gasteiger partial charge in [0.15, 0.2) is 0 Å². The predicted octanol–water partition coefficient (Wildman–Crippen LogP) is 2.86. The molecule has 1 heterocycles. The van der Waals surface area contributed by atoms with Crippen molar-refractivity contribution in [1.82, 2.24) is 10.1 Å². The van der Waals surface area contributed by atoms with Crippen LogP contribution in [0.4, 0.5) is 0 Å². The van der Waals surface area contributed by atoms with Crippen molar-refractivity contribution < 1.29 is 14.1 Å². The number of carbonyl (C=O) groups is 1. The molecule has 0 aliphatic carbocycles. The molecule has 1 aromatic heterocycles. The third kappa shape index (κ3) is 3.16. The van der Waals surface area contributed by atoms with Gasteiger partial charge in [0, 0.05) is 12.5 Å². The third-order valence-corrected chi connectivity index (χ3v) is 2.09. The fraction of sp³-hybridized carbons (Fsp3) is 0.308. The monoisotopic (exact) mass is 248 g/mol. The average Bonchev–Trinajstić information content (AvgIpc) is 2.87. The Hall–Kier alpha value is -2.17. The number of hydrogen-bond acceptors (Lipinski definition) is 5. The molecule has 96 valence electrons. The zero-order valence-electron chi connectivity index (χ0n) is 10.9. The largest absolute Gasteiger partial charge is 0.465 e. The summed E-state index contributed by atoms with van der Waals surface area (Å²) in [5.74, 6) is 0.650. The smallest absolute Gasteiger partial charge is 0.337 e.